The van der Waals surface area contributed by atoms with Gasteiger partial charge in [0.1, 0.15) is 29.5 Å². The molecule has 3 aromatic rings. The van der Waals surface area contributed by atoms with Crippen molar-refractivity contribution < 1.29 is 9.53 Å². The molecule has 198 valence electrons. The Labute approximate surface area is 223 Å². The van der Waals surface area contributed by atoms with Gasteiger partial charge in [0, 0.05) is 30.6 Å². The fraction of sp³-hybridized carbons (Fsp3) is 0.379. The number of anilines is 2. The molecule has 0 bridgehead atoms. The van der Waals surface area contributed by atoms with Crippen molar-refractivity contribution in [2.45, 2.75) is 31.7 Å². The SMILES string of the molecule is CN1CCC(C(=O)N2CCC(Nc3ncnc(N)c3C(=N)c3ccc(Oc4ccccc4)cc3)CC2)CC1. The van der Waals surface area contributed by atoms with Gasteiger partial charge in [-0.05, 0) is 82.2 Å². The van der Waals surface area contributed by atoms with Crippen molar-refractivity contribution in [2.24, 2.45) is 5.92 Å². The number of likely N-dealkylation sites (tertiary alicyclic amines) is 2. The molecule has 3 heterocycles. The maximum Gasteiger partial charge on any atom is 0.225 e. The Balaban J connectivity index is 1.22. The molecule has 38 heavy (non-hydrogen) atoms. The molecule has 0 spiro atoms. The van der Waals surface area contributed by atoms with Crippen LogP contribution < -0.4 is 15.8 Å². The maximum absolute atomic E-state index is 13.0. The standard InChI is InChI=1S/C29H35N7O2/c1-35-15-11-21(12-16-35)29(37)36-17-13-22(14-18-36)34-28-25(27(31)32-19-33-28)26(30)20-7-9-24(10-8-20)38-23-5-3-2-4-6-23/h2-10,19,21-22,30H,11-18H2,1H3,(H3,31,32,33,34). The van der Waals surface area contributed by atoms with Crippen molar-refractivity contribution in [1.29, 1.82) is 5.41 Å². The first-order valence-corrected chi connectivity index (χ1v) is 13.2. The van der Waals surface area contributed by atoms with Gasteiger partial charge in [-0.15, -0.1) is 0 Å². The molecule has 2 aliphatic rings. The third-order valence-electron chi connectivity index (χ3n) is 7.46. The third kappa shape index (κ3) is 5.94. The zero-order valence-electron chi connectivity index (χ0n) is 21.8. The Bertz CT molecular complexity index is 1250. The van der Waals surface area contributed by atoms with E-state index in [-0.39, 0.29) is 23.5 Å². The predicted octanol–water partition coefficient (Wildman–Crippen LogP) is 4.01. The lowest BCUT2D eigenvalue weighted by Crippen LogP contribution is -2.47. The van der Waals surface area contributed by atoms with Gasteiger partial charge in [0.2, 0.25) is 5.91 Å². The quantitative estimate of drug-likeness (QED) is 0.408. The molecule has 2 saturated heterocycles. The lowest BCUT2D eigenvalue weighted by atomic mass is 9.94. The van der Waals surface area contributed by atoms with Crippen molar-refractivity contribution in [1.82, 2.24) is 19.8 Å². The Morgan fingerprint density at radius 3 is 2.29 bits per heavy atom. The summed E-state index contributed by atoms with van der Waals surface area (Å²) in [6.45, 7) is 3.42. The van der Waals surface area contributed by atoms with Gasteiger partial charge in [-0.2, -0.15) is 0 Å². The van der Waals surface area contributed by atoms with Crippen LogP contribution >= 0.6 is 0 Å². The number of rotatable bonds is 7. The van der Waals surface area contributed by atoms with Crippen LogP contribution in [0.15, 0.2) is 60.9 Å². The fourth-order valence-electron chi connectivity index (χ4n) is 5.17. The minimum atomic E-state index is 0.138. The van der Waals surface area contributed by atoms with Gasteiger partial charge in [-0.25, -0.2) is 9.97 Å². The Hall–Kier alpha value is -3.98. The van der Waals surface area contributed by atoms with Crippen molar-refractivity contribution in [3.63, 3.8) is 0 Å². The smallest absolute Gasteiger partial charge is 0.225 e. The van der Waals surface area contributed by atoms with Crippen LogP contribution in [0.3, 0.4) is 0 Å². The van der Waals surface area contributed by atoms with E-state index in [4.69, 9.17) is 15.9 Å². The summed E-state index contributed by atoms with van der Waals surface area (Å²) in [5.41, 5.74) is 7.65. The van der Waals surface area contributed by atoms with E-state index in [1.165, 1.54) is 6.33 Å². The molecule has 2 aromatic carbocycles. The van der Waals surface area contributed by atoms with Crippen molar-refractivity contribution in [3.05, 3.63) is 72.1 Å². The number of carbonyl (C=O) groups is 1. The Morgan fingerprint density at radius 2 is 1.61 bits per heavy atom. The summed E-state index contributed by atoms with van der Waals surface area (Å²) in [5, 5.41) is 12.4. The lowest BCUT2D eigenvalue weighted by molar-refractivity contribution is -0.137. The number of hydrogen-bond donors (Lipinski definition) is 3. The third-order valence-corrected chi connectivity index (χ3v) is 7.46. The highest BCUT2D eigenvalue weighted by atomic mass is 16.5. The number of piperidine rings is 2. The molecule has 2 aliphatic heterocycles. The minimum Gasteiger partial charge on any atom is -0.457 e. The van der Waals surface area contributed by atoms with E-state index in [2.05, 4.69) is 27.2 Å². The summed E-state index contributed by atoms with van der Waals surface area (Å²) < 4.78 is 5.87. The number of nitrogens with zero attached hydrogens (tertiary/aromatic N) is 4. The first kappa shape index (κ1) is 25.7. The van der Waals surface area contributed by atoms with Gasteiger partial charge in [-0.1, -0.05) is 18.2 Å². The second-order valence-electron chi connectivity index (χ2n) is 10.1. The average Bonchev–Trinajstić information content (AvgIpc) is 2.94. The average molecular weight is 514 g/mol. The largest absolute Gasteiger partial charge is 0.457 e. The maximum atomic E-state index is 13.0. The van der Waals surface area contributed by atoms with E-state index < -0.39 is 0 Å². The fourth-order valence-corrected chi connectivity index (χ4v) is 5.17. The highest BCUT2D eigenvalue weighted by Gasteiger charge is 2.30. The molecule has 9 heteroatoms. The Kier molecular flexibility index (Phi) is 7.83. The molecule has 9 nitrogen and oxygen atoms in total. The van der Waals surface area contributed by atoms with Gasteiger partial charge < -0.3 is 25.6 Å². The first-order chi connectivity index (χ1) is 18.5. The number of carbonyl (C=O) groups excluding carboxylic acids is 1. The van der Waals surface area contributed by atoms with E-state index >= 15 is 0 Å². The van der Waals surface area contributed by atoms with E-state index in [9.17, 15) is 4.79 Å². The predicted molar refractivity (Wildman–Crippen MR) is 149 cm³/mol. The van der Waals surface area contributed by atoms with Crippen molar-refractivity contribution >= 4 is 23.3 Å². The summed E-state index contributed by atoms with van der Waals surface area (Å²) in [5.74, 6) is 2.68. The van der Waals surface area contributed by atoms with Crippen LogP contribution in [-0.4, -0.2) is 70.7 Å². The molecule has 4 N–H and O–H groups in total. The van der Waals surface area contributed by atoms with Crippen LogP contribution in [0.1, 0.15) is 36.8 Å². The number of para-hydroxylation sites is 1. The van der Waals surface area contributed by atoms with Gasteiger partial charge >= 0.3 is 0 Å². The summed E-state index contributed by atoms with van der Waals surface area (Å²) in [7, 11) is 2.11. The van der Waals surface area contributed by atoms with Crippen LogP contribution in [0.5, 0.6) is 11.5 Å². The summed E-state index contributed by atoms with van der Waals surface area (Å²) in [6, 6.07) is 17.0. The second-order valence-corrected chi connectivity index (χ2v) is 10.1. The molecule has 0 radical (unpaired) electrons. The number of hydrogen-bond acceptors (Lipinski definition) is 8. The topological polar surface area (TPSA) is 120 Å². The number of nitrogens with one attached hydrogen (secondary N) is 2. The zero-order chi connectivity index (χ0) is 26.5. The van der Waals surface area contributed by atoms with Gasteiger partial charge in [-0.3, -0.25) is 10.2 Å². The number of nitrogen functional groups attached to an aromatic ring is 1. The number of benzene rings is 2. The molecule has 5 rings (SSSR count). The molecule has 1 amide bonds. The number of ether oxygens (including phenoxy) is 1. The van der Waals surface area contributed by atoms with Gasteiger partial charge in [0.25, 0.3) is 0 Å². The molecular formula is C29H35N7O2. The zero-order valence-corrected chi connectivity index (χ0v) is 21.8. The minimum absolute atomic E-state index is 0.138. The van der Waals surface area contributed by atoms with Gasteiger partial charge in [0.05, 0.1) is 11.3 Å². The number of aromatic nitrogens is 2. The molecular weight excluding hydrogens is 478 g/mol. The van der Waals surface area contributed by atoms with Crippen LogP contribution in [0.25, 0.3) is 0 Å². The van der Waals surface area contributed by atoms with Crippen LogP contribution in [0.4, 0.5) is 11.6 Å². The molecule has 2 fully saturated rings. The van der Waals surface area contributed by atoms with E-state index in [1.807, 2.05) is 59.5 Å². The van der Waals surface area contributed by atoms with E-state index in [1.54, 1.807) is 0 Å². The summed E-state index contributed by atoms with van der Waals surface area (Å²) >= 11 is 0. The molecule has 1 aromatic heterocycles. The summed E-state index contributed by atoms with van der Waals surface area (Å²) in [6.07, 6.45) is 4.95. The highest BCUT2D eigenvalue weighted by molar-refractivity contribution is 6.16. The molecule has 0 unspecified atom stereocenters. The number of nitrogens with two attached hydrogens (primary N) is 1. The van der Waals surface area contributed by atoms with E-state index in [0.717, 1.165) is 57.6 Å². The Morgan fingerprint density at radius 1 is 0.947 bits per heavy atom. The normalized spacial score (nSPS) is 17.2. The molecule has 0 saturated carbocycles. The van der Waals surface area contributed by atoms with Crippen molar-refractivity contribution in [3.8, 4) is 11.5 Å². The van der Waals surface area contributed by atoms with Crippen LogP contribution in [0, 0.1) is 11.3 Å². The molecule has 0 atom stereocenters. The first-order valence-electron chi connectivity index (χ1n) is 13.2. The van der Waals surface area contributed by atoms with E-state index in [0.29, 0.717) is 28.6 Å². The van der Waals surface area contributed by atoms with Crippen molar-refractivity contribution in [2.75, 3.05) is 44.3 Å². The highest BCUT2D eigenvalue weighted by Crippen LogP contribution is 2.27. The van der Waals surface area contributed by atoms with Crippen LogP contribution in [0.2, 0.25) is 0 Å². The van der Waals surface area contributed by atoms with Gasteiger partial charge in [0.15, 0.2) is 0 Å². The second kappa shape index (κ2) is 11.6. The number of amides is 1. The monoisotopic (exact) mass is 513 g/mol. The summed E-state index contributed by atoms with van der Waals surface area (Å²) in [4.78, 5) is 25.9. The van der Waals surface area contributed by atoms with Crippen LogP contribution in [-0.2, 0) is 4.79 Å². The lowest BCUT2D eigenvalue weighted by Gasteiger charge is -2.37. The molecule has 0 aliphatic carbocycles.